The Kier molecular flexibility index (Phi) is 12.3. The molecule has 7 nitrogen and oxygen atoms in total. The lowest BCUT2D eigenvalue weighted by molar-refractivity contribution is 0.206. The molecule has 0 aromatic heterocycles. The smallest absolute Gasteiger partial charge is 0.240 e. The summed E-state index contributed by atoms with van der Waals surface area (Å²) in [6.45, 7) is 13.6. The molecule has 0 radical (unpaired) electrons. The molecule has 0 spiro atoms. The van der Waals surface area contributed by atoms with E-state index in [1.54, 1.807) is 48.5 Å². The fourth-order valence-corrected chi connectivity index (χ4v) is 7.62. The van der Waals surface area contributed by atoms with E-state index in [2.05, 4.69) is 42.0 Å². The molecule has 0 bridgehead atoms. The molecule has 230 valence electrons. The Morgan fingerprint density at radius 2 is 0.976 bits per heavy atom. The van der Waals surface area contributed by atoms with Gasteiger partial charge in [-0.25, -0.2) is 26.3 Å². The molecule has 0 saturated heterocycles. The van der Waals surface area contributed by atoms with Crippen LogP contribution in [0.25, 0.3) is 0 Å². The number of nitrogens with zero attached hydrogens (tertiary/aromatic N) is 1. The quantitative estimate of drug-likeness (QED) is 0.210. The van der Waals surface area contributed by atoms with Crippen LogP contribution >= 0.6 is 0 Å². The Balaban J connectivity index is 1.90. The van der Waals surface area contributed by atoms with Gasteiger partial charge in [-0.3, -0.25) is 4.90 Å². The van der Waals surface area contributed by atoms with E-state index in [1.807, 2.05) is 44.2 Å². The molecule has 0 aliphatic rings. The van der Waals surface area contributed by atoms with Gasteiger partial charge in [0.15, 0.2) is 0 Å². The van der Waals surface area contributed by atoms with Crippen LogP contribution in [0.15, 0.2) is 88.7 Å². The van der Waals surface area contributed by atoms with E-state index >= 15 is 0 Å². The topological polar surface area (TPSA) is 95.6 Å². The number of benzene rings is 3. The van der Waals surface area contributed by atoms with Gasteiger partial charge in [0, 0.05) is 31.7 Å². The van der Waals surface area contributed by atoms with Gasteiger partial charge in [-0.1, -0.05) is 93.4 Å². The van der Waals surface area contributed by atoms with Gasteiger partial charge in [0.05, 0.1) is 9.79 Å². The molecule has 0 unspecified atom stereocenters. The third-order valence-corrected chi connectivity index (χ3v) is 10.1. The Hall–Kier alpha value is -2.56. The van der Waals surface area contributed by atoms with Gasteiger partial charge < -0.3 is 0 Å². The molecule has 0 aliphatic carbocycles. The van der Waals surface area contributed by atoms with Crippen LogP contribution in [-0.4, -0.2) is 46.9 Å². The zero-order chi connectivity index (χ0) is 30.9. The second kappa shape index (κ2) is 15.3. The molecule has 3 rings (SSSR count). The summed E-state index contributed by atoms with van der Waals surface area (Å²) in [6.07, 6.45) is 1.28. The molecule has 3 aromatic carbocycles. The van der Waals surface area contributed by atoms with Crippen LogP contribution < -0.4 is 9.44 Å². The molecule has 2 N–H and O–H groups in total. The maximum atomic E-state index is 13.4. The number of hydrogen-bond acceptors (Lipinski definition) is 5. The second-order valence-electron chi connectivity index (χ2n) is 12.2. The minimum Gasteiger partial charge on any atom is -0.296 e. The highest BCUT2D eigenvalue weighted by Gasteiger charge is 2.27. The van der Waals surface area contributed by atoms with Crippen molar-refractivity contribution < 1.29 is 16.8 Å². The molecule has 2 atom stereocenters. The van der Waals surface area contributed by atoms with E-state index in [-0.39, 0.29) is 33.7 Å². The molecule has 3 aromatic rings. The second-order valence-corrected chi connectivity index (χ2v) is 15.6. The Morgan fingerprint density at radius 1 is 0.595 bits per heavy atom. The maximum absolute atomic E-state index is 13.4. The molecule has 0 aliphatic heterocycles. The first kappa shape index (κ1) is 33.9. The molecule has 0 heterocycles. The van der Waals surface area contributed by atoms with Gasteiger partial charge in [0.25, 0.3) is 0 Å². The van der Waals surface area contributed by atoms with Crippen LogP contribution in [0.3, 0.4) is 0 Å². The van der Waals surface area contributed by atoms with E-state index in [1.165, 1.54) is 0 Å². The largest absolute Gasteiger partial charge is 0.296 e. The van der Waals surface area contributed by atoms with Gasteiger partial charge in [0.1, 0.15) is 0 Å². The number of aryl methyl sites for hydroxylation is 2. The lowest BCUT2D eigenvalue weighted by atomic mass is 10.0. The van der Waals surface area contributed by atoms with Crippen molar-refractivity contribution in [2.45, 2.75) is 82.8 Å². The summed E-state index contributed by atoms with van der Waals surface area (Å²) in [5.74, 6) is 0.501. The number of hydrogen-bond donors (Lipinski definition) is 2. The lowest BCUT2D eigenvalue weighted by Gasteiger charge is -2.33. The van der Waals surface area contributed by atoms with Crippen LogP contribution in [0, 0.1) is 25.7 Å². The van der Waals surface area contributed by atoms with Crippen molar-refractivity contribution in [3.05, 3.63) is 95.6 Å². The van der Waals surface area contributed by atoms with Crippen molar-refractivity contribution in [3.8, 4) is 0 Å². The van der Waals surface area contributed by atoms with Crippen molar-refractivity contribution in [3.63, 3.8) is 0 Å². The zero-order valence-corrected chi connectivity index (χ0v) is 27.4. The maximum Gasteiger partial charge on any atom is 0.240 e. The Bertz CT molecular complexity index is 1360. The summed E-state index contributed by atoms with van der Waals surface area (Å²) in [5, 5.41) is 0. The first-order valence-electron chi connectivity index (χ1n) is 14.7. The van der Waals surface area contributed by atoms with Gasteiger partial charge >= 0.3 is 0 Å². The fourth-order valence-electron chi connectivity index (χ4n) is 5.14. The molecule has 0 fully saturated rings. The van der Waals surface area contributed by atoms with Crippen molar-refractivity contribution in [1.29, 1.82) is 0 Å². The summed E-state index contributed by atoms with van der Waals surface area (Å²) in [4.78, 5) is 2.64. The average Bonchev–Trinajstić information content (AvgIpc) is 2.88. The standard InChI is InChI=1S/C33H47N3O4S2/c1-25(2)20-30(34-41(37,38)32-16-12-27(5)13-17-32)23-36(22-29-10-8-7-9-11-29)24-31(21-26(3)4)35-42(39,40)33-18-14-28(6)15-19-33/h7-19,25-26,30-31,34-35H,20-24H2,1-6H3/t30-,31-/m0/s1. The minimum absolute atomic E-state index is 0.236. The lowest BCUT2D eigenvalue weighted by Crippen LogP contribution is -2.49. The first-order chi connectivity index (χ1) is 19.7. The van der Waals surface area contributed by atoms with E-state index in [0.717, 1.165) is 16.7 Å². The highest BCUT2D eigenvalue weighted by molar-refractivity contribution is 7.89. The third-order valence-electron chi connectivity index (χ3n) is 7.02. The molecule has 0 saturated carbocycles. The summed E-state index contributed by atoms with van der Waals surface area (Å²) < 4.78 is 59.5. The van der Waals surface area contributed by atoms with Crippen molar-refractivity contribution in [2.24, 2.45) is 11.8 Å². The summed E-state index contributed by atoms with van der Waals surface area (Å²) in [7, 11) is -7.49. The highest BCUT2D eigenvalue weighted by Crippen LogP contribution is 2.18. The van der Waals surface area contributed by atoms with E-state index in [0.29, 0.717) is 32.5 Å². The average molecular weight is 614 g/mol. The van der Waals surface area contributed by atoms with E-state index < -0.39 is 20.0 Å². The summed E-state index contributed by atoms with van der Waals surface area (Å²) in [5.41, 5.74) is 3.06. The number of nitrogens with one attached hydrogen (secondary N) is 2. The first-order valence-corrected chi connectivity index (χ1v) is 17.6. The number of sulfonamides is 2. The predicted octanol–water partition coefficient (Wildman–Crippen LogP) is 5.89. The van der Waals surface area contributed by atoms with Gasteiger partial charge in [0.2, 0.25) is 20.0 Å². The Labute approximate surface area is 253 Å². The zero-order valence-electron chi connectivity index (χ0n) is 25.7. The van der Waals surface area contributed by atoms with Crippen LogP contribution in [-0.2, 0) is 26.6 Å². The predicted molar refractivity (Wildman–Crippen MR) is 171 cm³/mol. The van der Waals surface area contributed by atoms with E-state index in [4.69, 9.17) is 0 Å². The van der Waals surface area contributed by atoms with Crippen molar-refractivity contribution in [1.82, 2.24) is 14.3 Å². The SMILES string of the molecule is Cc1ccc(S(=O)(=O)N[C@@H](CC(C)C)CN(Cc2ccccc2)C[C@H](CC(C)C)NS(=O)(=O)c2ccc(C)cc2)cc1. The van der Waals surface area contributed by atoms with Crippen LogP contribution in [0.1, 0.15) is 57.2 Å². The Morgan fingerprint density at radius 3 is 1.33 bits per heavy atom. The normalized spacial score (nSPS) is 14.0. The summed E-state index contributed by atoms with van der Waals surface area (Å²) >= 11 is 0. The molecular formula is C33H47N3O4S2. The molecule has 42 heavy (non-hydrogen) atoms. The van der Waals surface area contributed by atoms with Crippen LogP contribution in [0.2, 0.25) is 0 Å². The van der Waals surface area contributed by atoms with Gasteiger partial charge in [-0.15, -0.1) is 0 Å². The van der Waals surface area contributed by atoms with E-state index in [9.17, 15) is 16.8 Å². The molecule has 9 heteroatoms. The minimum atomic E-state index is -3.74. The van der Waals surface area contributed by atoms with Crippen LogP contribution in [0.4, 0.5) is 0 Å². The van der Waals surface area contributed by atoms with Gasteiger partial charge in [-0.05, 0) is 68.4 Å². The molecular weight excluding hydrogens is 567 g/mol. The summed E-state index contributed by atoms with van der Waals surface area (Å²) in [6, 6.07) is 23.0. The van der Waals surface area contributed by atoms with Crippen molar-refractivity contribution >= 4 is 20.0 Å². The number of rotatable bonds is 16. The van der Waals surface area contributed by atoms with Crippen LogP contribution in [0.5, 0.6) is 0 Å². The van der Waals surface area contributed by atoms with Gasteiger partial charge in [-0.2, -0.15) is 0 Å². The third kappa shape index (κ3) is 10.9. The van der Waals surface area contributed by atoms with Crippen molar-refractivity contribution in [2.75, 3.05) is 13.1 Å². The highest BCUT2D eigenvalue weighted by atomic mass is 32.2. The monoisotopic (exact) mass is 613 g/mol. The fraction of sp³-hybridized carbons (Fsp3) is 0.455. The molecule has 0 amide bonds.